The van der Waals surface area contributed by atoms with Gasteiger partial charge in [0.25, 0.3) is 0 Å². The zero-order valence-electron chi connectivity index (χ0n) is 19.8. The molecule has 0 aliphatic carbocycles. The summed E-state index contributed by atoms with van der Waals surface area (Å²) in [7, 11) is 0. The Balaban J connectivity index is 2.33. The van der Waals surface area contributed by atoms with E-state index in [0.717, 1.165) is 31.2 Å². The summed E-state index contributed by atoms with van der Waals surface area (Å²) in [6.45, 7) is 4.35. The molecule has 0 spiro atoms. The van der Waals surface area contributed by atoms with Gasteiger partial charge in [-0.1, -0.05) is 55.8 Å². The molecule has 0 fully saturated rings. The van der Waals surface area contributed by atoms with Crippen molar-refractivity contribution in [1.29, 1.82) is 0 Å². The van der Waals surface area contributed by atoms with Gasteiger partial charge in [0.15, 0.2) is 0 Å². The average Bonchev–Trinajstić information content (AvgIpc) is 2.75. The second-order valence-electron chi connectivity index (χ2n) is 8.50. The first-order chi connectivity index (χ1) is 16.6. The molecule has 2 aromatic carbocycles. The Bertz CT molecular complexity index is 1050. The summed E-state index contributed by atoms with van der Waals surface area (Å²) in [5.41, 5.74) is 0.401. The monoisotopic (exact) mass is 537 g/mol. The minimum absolute atomic E-state index is 0.0447. The molecule has 2 aromatic rings. The molecule has 0 saturated carbocycles. The van der Waals surface area contributed by atoms with Gasteiger partial charge in [0, 0.05) is 0 Å². The maximum atomic E-state index is 13.6. The molecule has 1 amide bonds. The molecule has 0 aliphatic rings. The van der Waals surface area contributed by atoms with Crippen molar-refractivity contribution in [3.05, 3.63) is 64.2 Å². The Morgan fingerprint density at radius 2 is 1.56 bits per heavy atom. The summed E-state index contributed by atoms with van der Waals surface area (Å²) < 4.78 is 83.7. The first-order valence-corrected chi connectivity index (χ1v) is 11.5. The summed E-state index contributed by atoms with van der Waals surface area (Å²) in [4.78, 5) is 25.0. The molecule has 198 valence electrons. The molecule has 11 heteroatoms. The number of benzene rings is 2. The highest BCUT2D eigenvalue weighted by Crippen LogP contribution is 2.39. The van der Waals surface area contributed by atoms with Crippen molar-refractivity contribution in [2.75, 3.05) is 11.9 Å². The van der Waals surface area contributed by atoms with Gasteiger partial charge in [-0.2, -0.15) is 26.3 Å². The number of carbonyl (C=O) groups excluding carboxylic acids is 2. The molecule has 0 saturated heterocycles. The summed E-state index contributed by atoms with van der Waals surface area (Å²) in [6, 6.07) is 8.80. The summed E-state index contributed by atoms with van der Waals surface area (Å²) in [6.07, 6.45) is -10.2. The predicted octanol–water partition coefficient (Wildman–Crippen LogP) is 7.11. The summed E-state index contributed by atoms with van der Waals surface area (Å²) in [5.74, 6) is -5.85. The van der Waals surface area contributed by atoms with Gasteiger partial charge in [0.1, 0.15) is 0 Å². The molecule has 2 rings (SSSR count). The Morgan fingerprint density at radius 1 is 0.972 bits per heavy atom. The quantitative estimate of drug-likeness (QED) is 0.274. The van der Waals surface area contributed by atoms with E-state index in [2.05, 4.69) is 5.32 Å². The lowest BCUT2D eigenvalue weighted by atomic mass is 9.85. The molecule has 1 N–H and O–H groups in total. The lowest BCUT2D eigenvalue weighted by Crippen LogP contribution is -2.34. The van der Waals surface area contributed by atoms with Crippen molar-refractivity contribution in [2.45, 2.75) is 51.9 Å². The standard InChI is InChI=1S/C25H26ClF6NO3/c1-4-36-23(35)14(2)11-17-7-10-19(26)20(12-17)33-22(34)21(15(3)25(30,31)32)18-8-5-16(6-9-18)13-24(27,28)29/h5-10,12,14-15,21H,4,11,13H2,1-3H3,(H,33,34). The van der Waals surface area contributed by atoms with E-state index in [1.54, 1.807) is 19.9 Å². The van der Waals surface area contributed by atoms with Gasteiger partial charge in [-0.05, 0) is 42.2 Å². The number of halogens is 7. The summed E-state index contributed by atoms with van der Waals surface area (Å²) in [5, 5.41) is 2.48. The van der Waals surface area contributed by atoms with Crippen molar-refractivity contribution in [1.82, 2.24) is 0 Å². The van der Waals surface area contributed by atoms with Crippen LogP contribution in [0, 0.1) is 11.8 Å². The molecular formula is C25H26ClF6NO3. The van der Waals surface area contributed by atoms with E-state index in [-0.39, 0.29) is 34.9 Å². The number of alkyl halides is 6. The molecule has 0 heterocycles. The topological polar surface area (TPSA) is 55.4 Å². The molecule has 0 bridgehead atoms. The van der Waals surface area contributed by atoms with Gasteiger partial charge in [0.2, 0.25) is 5.91 Å². The van der Waals surface area contributed by atoms with E-state index in [9.17, 15) is 35.9 Å². The van der Waals surface area contributed by atoms with Crippen LogP contribution in [0.25, 0.3) is 0 Å². The van der Waals surface area contributed by atoms with Crippen LogP contribution in [-0.2, 0) is 27.2 Å². The Kier molecular flexibility index (Phi) is 9.82. The van der Waals surface area contributed by atoms with Crippen LogP contribution in [0.15, 0.2) is 42.5 Å². The van der Waals surface area contributed by atoms with Crippen LogP contribution in [0.1, 0.15) is 43.4 Å². The number of rotatable bonds is 9. The minimum atomic E-state index is -4.76. The van der Waals surface area contributed by atoms with E-state index in [1.807, 2.05) is 0 Å². The number of amides is 1. The fourth-order valence-corrected chi connectivity index (χ4v) is 3.82. The second kappa shape index (κ2) is 12.0. The van der Waals surface area contributed by atoms with Crippen LogP contribution in [0.5, 0.6) is 0 Å². The van der Waals surface area contributed by atoms with Gasteiger partial charge < -0.3 is 10.1 Å². The van der Waals surface area contributed by atoms with E-state index in [4.69, 9.17) is 16.3 Å². The molecule has 0 radical (unpaired) electrons. The van der Waals surface area contributed by atoms with Gasteiger partial charge >= 0.3 is 18.3 Å². The third kappa shape index (κ3) is 8.43. The lowest BCUT2D eigenvalue weighted by Gasteiger charge is -2.26. The first kappa shape index (κ1) is 29.5. The van der Waals surface area contributed by atoms with Crippen LogP contribution < -0.4 is 5.32 Å². The maximum absolute atomic E-state index is 13.6. The predicted molar refractivity (Wildman–Crippen MR) is 124 cm³/mol. The Hall–Kier alpha value is -2.75. The molecule has 0 aromatic heterocycles. The normalized spacial score (nSPS) is 14.6. The molecule has 4 nitrogen and oxygen atoms in total. The van der Waals surface area contributed by atoms with Crippen molar-refractivity contribution >= 4 is 29.2 Å². The Labute approximate surface area is 210 Å². The molecule has 3 unspecified atom stereocenters. The Morgan fingerprint density at radius 3 is 2.08 bits per heavy atom. The number of esters is 1. The zero-order chi connectivity index (χ0) is 27.3. The van der Waals surface area contributed by atoms with Gasteiger partial charge in [-0.25, -0.2) is 0 Å². The number of hydrogen-bond donors (Lipinski definition) is 1. The van der Waals surface area contributed by atoms with Crippen molar-refractivity contribution in [2.24, 2.45) is 11.8 Å². The average molecular weight is 538 g/mol. The molecule has 36 heavy (non-hydrogen) atoms. The van der Waals surface area contributed by atoms with Gasteiger partial charge in [0.05, 0.1) is 41.5 Å². The van der Waals surface area contributed by atoms with Gasteiger partial charge in [-0.3, -0.25) is 9.59 Å². The number of hydrogen-bond acceptors (Lipinski definition) is 3. The van der Waals surface area contributed by atoms with Crippen LogP contribution in [0.2, 0.25) is 5.02 Å². The molecular weight excluding hydrogens is 512 g/mol. The second-order valence-corrected chi connectivity index (χ2v) is 8.91. The van der Waals surface area contributed by atoms with Crippen LogP contribution in [0.4, 0.5) is 32.0 Å². The van der Waals surface area contributed by atoms with E-state index in [0.29, 0.717) is 5.56 Å². The SMILES string of the molecule is CCOC(=O)C(C)Cc1ccc(Cl)c(NC(=O)C(c2ccc(CC(F)(F)F)cc2)C(C)C(F)(F)F)c1. The third-order valence-corrected chi connectivity index (χ3v) is 5.89. The number of carbonyl (C=O) groups is 2. The van der Waals surface area contributed by atoms with Crippen LogP contribution >= 0.6 is 11.6 Å². The van der Waals surface area contributed by atoms with Crippen LogP contribution in [0.3, 0.4) is 0 Å². The first-order valence-electron chi connectivity index (χ1n) is 11.1. The smallest absolute Gasteiger partial charge is 0.393 e. The lowest BCUT2D eigenvalue weighted by molar-refractivity contribution is -0.178. The third-order valence-electron chi connectivity index (χ3n) is 5.56. The maximum Gasteiger partial charge on any atom is 0.393 e. The van der Waals surface area contributed by atoms with E-state index >= 15 is 0 Å². The highest BCUT2D eigenvalue weighted by molar-refractivity contribution is 6.33. The highest BCUT2D eigenvalue weighted by atomic mass is 35.5. The number of anilines is 1. The zero-order valence-corrected chi connectivity index (χ0v) is 20.5. The fourth-order valence-electron chi connectivity index (χ4n) is 3.66. The van der Waals surface area contributed by atoms with E-state index in [1.165, 1.54) is 12.1 Å². The van der Waals surface area contributed by atoms with Crippen molar-refractivity contribution in [3.63, 3.8) is 0 Å². The highest BCUT2D eigenvalue weighted by Gasteiger charge is 2.45. The van der Waals surface area contributed by atoms with Crippen molar-refractivity contribution < 1.29 is 40.7 Å². The summed E-state index contributed by atoms with van der Waals surface area (Å²) >= 11 is 6.16. The largest absolute Gasteiger partial charge is 0.466 e. The number of nitrogens with one attached hydrogen (secondary N) is 1. The van der Waals surface area contributed by atoms with Gasteiger partial charge in [-0.15, -0.1) is 0 Å². The van der Waals surface area contributed by atoms with Crippen LogP contribution in [-0.4, -0.2) is 30.8 Å². The minimum Gasteiger partial charge on any atom is -0.466 e. The van der Waals surface area contributed by atoms with E-state index < -0.39 is 48.4 Å². The fraction of sp³-hybridized carbons (Fsp3) is 0.440. The molecule has 0 aliphatic heterocycles. The molecule has 3 atom stereocenters. The van der Waals surface area contributed by atoms with Crippen molar-refractivity contribution in [3.8, 4) is 0 Å². The number of ether oxygens (including phenoxy) is 1.